The van der Waals surface area contributed by atoms with Crippen LogP contribution in [0.4, 0.5) is 0 Å². The van der Waals surface area contributed by atoms with Crippen LogP contribution in [-0.2, 0) is 9.53 Å². The van der Waals surface area contributed by atoms with Crippen LogP contribution < -0.4 is 11.1 Å². The third-order valence-electron chi connectivity index (χ3n) is 2.85. The minimum Gasteiger partial charge on any atom is -0.380 e. The van der Waals surface area contributed by atoms with Crippen LogP contribution in [0.5, 0.6) is 0 Å². The zero-order valence-electron chi connectivity index (χ0n) is 9.01. The monoisotopic (exact) mass is 200 g/mol. The fourth-order valence-corrected chi connectivity index (χ4v) is 1.53. The van der Waals surface area contributed by atoms with Crippen molar-refractivity contribution >= 4 is 5.91 Å². The van der Waals surface area contributed by atoms with E-state index in [9.17, 15) is 4.79 Å². The van der Waals surface area contributed by atoms with Crippen molar-refractivity contribution in [2.24, 2.45) is 5.73 Å². The number of rotatable bonds is 5. The predicted molar refractivity (Wildman–Crippen MR) is 54.9 cm³/mol. The second-order valence-electron chi connectivity index (χ2n) is 4.24. The van der Waals surface area contributed by atoms with Crippen molar-refractivity contribution in [2.75, 3.05) is 13.7 Å². The first-order chi connectivity index (χ1) is 6.56. The lowest BCUT2D eigenvalue weighted by atomic mass is 9.75. The number of carbonyl (C=O) groups is 1. The molecule has 0 aliphatic heterocycles. The molecular formula is C10H20N2O2. The first-order valence-electron chi connectivity index (χ1n) is 5.14. The molecule has 0 aromatic heterocycles. The molecule has 1 aliphatic rings. The minimum absolute atomic E-state index is 0.0381. The van der Waals surface area contributed by atoms with Crippen LogP contribution in [0.1, 0.15) is 32.6 Å². The number of methoxy groups -OCH3 is 1. The summed E-state index contributed by atoms with van der Waals surface area (Å²) in [5.74, 6) is 0.0381. The minimum atomic E-state index is -0.222. The molecule has 0 bridgehead atoms. The molecule has 82 valence electrons. The molecule has 0 aromatic rings. The van der Waals surface area contributed by atoms with E-state index < -0.39 is 0 Å². The quantitative estimate of drug-likeness (QED) is 0.675. The Morgan fingerprint density at radius 2 is 2.29 bits per heavy atom. The van der Waals surface area contributed by atoms with Gasteiger partial charge in [-0.25, -0.2) is 0 Å². The van der Waals surface area contributed by atoms with Crippen LogP contribution in [0.15, 0.2) is 0 Å². The van der Waals surface area contributed by atoms with Crippen LogP contribution in [0, 0.1) is 0 Å². The van der Waals surface area contributed by atoms with E-state index in [2.05, 4.69) is 5.32 Å². The maximum Gasteiger partial charge on any atom is 0.221 e. The molecule has 1 fully saturated rings. The fourth-order valence-electron chi connectivity index (χ4n) is 1.53. The normalized spacial score (nSPS) is 21.1. The lowest BCUT2D eigenvalue weighted by Gasteiger charge is -2.37. The lowest BCUT2D eigenvalue weighted by Crippen LogP contribution is -2.50. The zero-order valence-corrected chi connectivity index (χ0v) is 9.01. The van der Waals surface area contributed by atoms with Crippen LogP contribution >= 0.6 is 0 Å². The van der Waals surface area contributed by atoms with Gasteiger partial charge in [-0.3, -0.25) is 4.79 Å². The zero-order chi connectivity index (χ0) is 10.6. The Kier molecular flexibility index (Phi) is 3.89. The number of nitrogens with one attached hydrogen (secondary N) is 1. The smallest absolute Gasteiger partial charge is 0.221 e. The number of nitrogens with two attached hydrogens (primary N) is 1. The second kappa shape index (κ2) is 4.75. The summed E-state index contributed by atoms with van der Waals surface area (Å²) in [6, 6.07) is 0. The molecule has 1 aliphatic carbocycles. The van der Waals surface area contributed by atoms with Gasteiger partial charge in [0.1, 0.15) is 0 Å². The fraction of sp³-hybridized carbons (Fsp3) is 0.900. The number of carbonyl (C=O) groups excluding carboxylic acids is 1. The van der Waals surface area contributed by atoms with Gasteiger partial charge in [-0.05, 0) is 26.2 Å². The molecule has 0 aromatic carbocycles. The number of hydrogen-bond acceptors (Lipinski definition) is 3. The van der Waals surface area contributed by atoms with Crippen LogP contribution in [0.2, 0.25) is 0 Å². The van der Waals surface area contributed by atoms with Gasteiger partial charge in [-0.1, -0.05) is 0 Å². The van der Waals surface area contributed by atoms with Gasteiger partial charge in [-0.15, -0.1) is 0 Å². The van der Waals surface area contributed by atoms with E-state index in [0.29, 0.717) is 13.0 Å². The summed E-state index contributed by atoms with van der Waals surface area (Å²) in [7, 11) is 1.63. The molecule has 14 heavy (non-hydrogen) atoms. The molecule has 3 N–H and O–H groups in total. The Balaban J connectivity index is 2.16. The molecule has 0 radical (unpaired) electrons. The molecule has 4 heteroatoms. The van der Waals surface area contributed by atoms with Crippen molar-refractivity contribution < 1.29 is 9.53 Å². The number of amides is 1. The van der Waals surface area contributed by atoms with Crippen LogP contribution in [0.3, 0.4) is 0 Å². The molecule has 0 spiro atoms. The highest BCUT2D eigenvalue weighted by atomic mass is 16.5. The van der Waals surface area contributed by atoms with E-state index in [1.807, 2.05) is 6.92 Å². The van der Waals surface area contributed by atoms with Gasteiger partial charge in [0.15, 0.2) is 0 Å². The Morgan fingerprint density at radius 3 is 2.71 bits per heavy atom. The van der Waals surface area contributed by atoms with E-state index >= 15 is 0 Å². The van der Waals surface area contributed by atoms with Gasteiger partial charge < -0.3 is 15.8 Å². The predicted octanol–water partition coefficient (Wildman–Crippen LogP) is 0.409. The Hall–Kier alpha value is -0.610. The van der Waals surface area contributed by atoms with Gasteiger partial charge >= 0.3 is 0 Å². The van der Waals surface area contributed by atoms with Gasteiger partial charge in [0.2, 0.25) is 5.91 Å². The van der Waals surface area contributed by atoms with Crippen molar-refractivity contribution in [3.05, 3.63) is 0 Å². The van der Waals surface area contributed by atoms with Gasteiger partial charge in [0.05, 0.1) is 6.10 Å². The van der Waals surface area contributed by atoms with Crippen molar-refractivity contribution in [3.63, 3.8) is 0 Å². The molecule has 0 saturated heterocycles. The largest absolute Gasteiger partial charge is 0.380 e. The Morgan fingerprint density at radius 1 is 1.64 bits per heavy atom. The maximum atomic E-state index is 11.4. The van der Waals surface area contributed by atoms with E-state index in [0.717, 1.165) is 19.3 Å². The summed E-state index contributed by atoms with van der Waals surface area (Å²) >= 11 is 0. The van der Waals surface area contributed by atoms with Gasteiger partial charge in [-0.2, -0.15) is 0 Å². The second-order valence-corrected chi connectivity index (χ2v) is 4.24. The molecule has 1 rings (SSSR count). The summed E-state index contributed by atoms with van der Waals surface area (Å²) < 4.78 is 5.03. The van der Waals surface area contributed by atoms with Gasteiger partial charge in [0, 0.05) is 25.6 Å². The molecule has 1 atom stereocenters. The van der Waals surface area contributed by atoms with Crippen molar-refractivity contribution in [2.45, 2.75) is 44.2 Å². The highest BCUT2D eigenvalue weighted by Gasteiger charge is 2.34. The lowest BCUT2D eigenvalue weighted by molar-refractivity contribution is -0.123. The average Bonchev–Trinajstić information content (AvgIpc) is 2.11. The summed E-state index contributed by atoms with van der Waals surface area (Å²) in [5, 5.41) is 2.81. The van der Waals surface area contributed by atoms with E-state index in [1.54, 1.807) is 7.11 Å². The van der Waals surface area contributed by atoms with E-state index in [4.69, 9.17) is 10.5 Å². The summed E-state index contributed by atoms with van der Waals surface area (Å²) in [6.45, 7) is 2.48. The summed E-state index contributed by atoms with van der Waals surface area (Å²) in [5.41, 5.74) is 5.73. The van der Waals surface area contributed by atoms with Crippen LogP contribution in [-0.4, -0.2) is 31.2 Å². The molecule has 1 saturated carbocycles. The van der Waals surface area contributed by atoms with E-state index in [-0.39, 0.29) is 17.6 Å². The maximum absolute atomic E-state index is 11.4. The summed E-state index contributed by atoms with van der Waals surface area (Å²) in [4.78, 5) is 11.4. The Bertz CT molecular complexity index is 202. The third-order valence-corrected chi connectivity index (χ3v) is 2.85. The SMILES string of the molecule is COC(C)CNC(=O)CC1(N)CCC1. The first kappa shape index (κ1) is 11.5. The average molecular weight is 200 g/mol. The van der Waals surface area contributed by atoms with Crippen molar-refractivity contribution in [1.29, 1.82) is 0 Å². The van der Waals surface area contributed by atoms with E-state index in [1.165, 1.54) is 0 Å². The van der Waals surface area contributed by atoms with Gasteiger partial charge in [0.25, 0.3) is 0 Å². The standard InChI is InChI=1S/C10H20N2O2/c1-8(14-2)7-12-9(13)6-10(11)4-3-5-10/h8H,3-7,11H2,1-2H3,(H,12,13). The van der Waals surface area contributed by atoms with Crippen LogP contribution in [0.25, 0.3) is 0 Å². The van der Waals surface area contributed by atoms with Crippen molar-refractivity contribution in [1.82, 2.24) is 5.32 Å². The highest BCUT2D eigenvalue weighted by molar-refractivity contribution is 5.77. The molecule has 4 nitrogen and oxygen atoms in total. The topological polar surface area (TPSA) is 64.3 Å². The number of hydrogen-bond donors (Lipinski definition) is 2. The molecule has 1 amide bonds. The molecule has 1 unspecified atom stereocenters. The highest BCUT2D eigenvalue weighted by Crippen LogP contribution is 2.31. The summed E-state index contributed by atoms with van der Waals surface area (Å²) in [6.07, 6.45) is 3.61. The first-order valence-corrected chi connectivity index (χ1v) is 5.14. The molecule has 0 heterocycles. The number of ether oxygens (including phenoxy) is 1. The molecular weight excluding hydrogens is 180 g/mol. The van der Waals surface area contributed by atoms with Crippen molar-refractivity contribution in [3.8, 4) is 0 Å². The Labute approximate surface area is 85.2 Å². The third kappa shape index (κ3) is 3.27.